The van der Waals surface area contributed by atoms with Gasteiger partial charge in [0.15, 0.2) is 0 Å². The Labute approximate surface area is 60.0 Å². The molecule has 0 aromatic heterocycles. The lowest BCUT2D eigenvalue weighted by Gasteiger charge is -2.05. The maximum absolute atomic E-state index is 10.6. The zero-order valence-corrected chi connectivity index (χ0v) is 5.63. The largest absolute Gasteiger partial charge is 0.448 e. The van der Waals surface area contributed by atoms with Crippen LogP contribution >= 0.6 is 0 Å². The van der Waals surface area contributed by atoms with E-state index in [1.807, 2.05) is 12.1 Å². The molecule has 3 nitrogen and oxygen atoms in total. The minimum atomic E-state index is -0.687. The van der Waals surface area contributed by atoms with Gasteiger partial charge in [-0.25, -0.2) is 4.79 Å². The summed E-state index contributed by atoms with van der Waals surface area (Å²) in [5, 5.41) is 0. The van der Waals surface area contributed by atoms with Crippen LogP contribution < -0.4 is 0 Å². The maximum Gasteiger partial charge on any atom is 0.433 e. The highest BCUT2D eigenvalue weighted by molar-refractivity contribution is 5.71. The Bertz CT molecular complexity index is 183. The number of hydrogen-bond acceptors (Lipinski definition) is 2. The van der Waals surface area contributed by atoms with Crippen molar-refractivity contribution in [2.24, 2.45) is 0 Å². The fraction of sp³-hybridized carbons (Fsp3) is 0.286. The van der Waals surface area contributed by atoms with E-state index in [1.165, 1.54) is 0 Å². The van der Waals surface area contributed by atoms with E-state index in [2.05, 4.69) is 4.74 Å². The van der Waals surface area contributed by atoms with Crippen molar-refractivity contribution >= 4 is 6.09 Å². The smallest absolute Gasteiger partial charge is 0.433 e. The van der Waals surface area contributed by atoms with E-state index in [1.54, 1.807) is 6.92 Å². The fourth-order valence-electron chi connectivity index (χ4n) is 0.331. The van der Waals surface area contributed by atoms with Crippen LogP contribution in [-0.4, -0.2) is 17.6 Å². The van der Waals surface area contributed by atoms with Gasteiger partial charge in [0.2, 0.25) is 0 Å². The van der Waals surface area contributed by atoms with Crippen LogP contribution in [0.4, 0.5) is 4.79 Å². The molecular formula is C7H7NO2. The summed E-state index contributed by atoms with van der Waals surface area (Å²) >= 11 is 0. The van der Waals surface area contributed by atoms with E-state index in [0.29, 0.717) is 4.90 Å². The molecule has 0 spiro atoms. The number of carbonyl (C=O) groups excluding carboxylic acids is 1. The Morgan fingerprint density at radius 2 is 2.10 bits per heavy atom. The molecule has 0 bridgehead atoms. The summed E-state index contributed by atoms with van der Waals surface area (Å²) in [4.78, 5) is 11.3. The lowest BCUT2D eigenvalue weighted by Crippen LogP contribution is -2.21. The van der Waals surface area contributed by atoms with Gasteiger partial charge < -0.3 is 4.74 Å². The molecule has 0 aliphatic heterocycles. The summed E-state index contributed by atoms with van der Waals surface area (Å²) in [7, 11) is 0. The van der Waals surface area contributed by atoms with Gasteiger partial charge in [-0.3, -0.25) is 0 Å². The minimum Gasteiger partial charge on any atom is -0.448 e. The minimum absolute atomic E-state index is 0.263. The second-order valence-corrected chi connectivity index (χ2v) is 1.29. The number of carbonyl (C=O) groups is 1. The van der Waals surface area contributed by atoms with Crippen molar-refractivity contribution in [1.29, 1.82) is 0 Å². The summed E-state index contributed by atoms with van der Waals surface area (Å²) in [6.45, 7) is 1.93. The van der Waals surface area contributed by atoms with Crippen molar-refractivity contribution in [2.75, 3.05) is 6.61 Å². The molecule has 0 fully saturated rings. The van der Waals surface area contributed by atoms with Crippen LogP contribution in [0, 0.1) is 24.9 Å². The summed E-state index contributed by atoms with van der Waals surface area (Å²) in [5.41, 5.74) is 0. The molecule has 1 amide bonds. The van der Waals surface area contributed by atoms with Crippen LogP contribution in [0.2, 0.25) is 0 Å². The fourth-order valence-corrected chi connectivity index (χ4v) is 0.331. The number of terminal acetylenes is 2. The molecule has 0 atom stereocenters. The molecule has 0 aromatic rings. The highest BCUT2D eigenvalue weighted by atomic mass is 16.5. The average molecular weight is 137 g/mol. The van der Waals surface area contributed by atoms with Crippen LogP contribution in [0.1, 0.15) is 6.92 Å². The number of hydrogen-bond donors (Lipinski definition) is 0. The zero-order valence-electron chi connectivity index (χ0n) is 5.63. The molecule has 10 heavy (non-hydrogen) atoms. The Balaban J connectivity index is 3.96. The molecule has 0 unspecified atom stereocenters. The summed E-state index contributed by atoms with van der Waals surface area (Å²) in [5.74, 6) is 0. The van der Waals surface area contributed by atoms with Crippen LogP contribution in [-0.2, 0) is 4.74 Å². The molecule has 0 heterocycles. The van der Waals surface area contributed by atoms with Gasteiger partial charge in [-0.05, 0) is 6.92 Å². The van der Waals surface area contributed by atoms with Gasteiger partial charge in [0.1, 0.15) is 0 Å². The Kier molecular flexibility index (Phi) is 3.60. The number of nitrogens with zero attached hydrogens (tertiary/aromatic N) is 1. The van der Waals surface area contributed by atoms with Crippen LogP contribution in [0.15, 0.2) is 0 Å². The second kappa shape index (κ2) is 4.29. The van der Waals surface area contributed by atoms with Crippen molar-refractivity contribution in [3.05, 3.63) is 0 Å². The number of ether oxygens (including phenoxy) is 1. The van der Waals surface area contributed by atoms with Crippen LogP contribution in [0.5, 0.6) is 0 Å². The Morgan fingerprint density at radius 3 is 2.40 bits per heavy atom. The van der Waals surface area contributed by atoms with E-state index in [4.69, 9.17) is 12.8 Å². The molecular weight excluding hydrogens is 130 g/mol. The molecule has 0 saturated carbocycles. The van der Waals surface area contributed by atoms with Crippen molar-refractivity contribution < 1.29 is 9.53 Å². The first-order chi connectivity index (χ1) is 4.76. The predicted molar refractivity (Wildman–Crippen MR) is 36.5 cm³/mol. The van der Waals surface area contributed by atoms with Gasteiger partial charge in [0.25, 0.3) is 0 Å². The molecule has 0 N–H and O–H groups in total. The Hall–Kier alpha value is -1.61. The zero-order chi connectivity index (χ0) is 7.98. The third kappa shape index (κ3) is 2.11. The van der Waals surface area contributed by atoms with Crippen LogP contribution in [0.25, 0.3) is 0 Å². The van der Waals surface area contributed by atoms with E-state index in [9.17, 15) is 4.79 Å². The molecule has 0 radical (unpaired) electrons. The first-order valence-electron chi connectivity index (χ1n) is 2.65. The normalized spacial score (nSPS) is 7.10. The molecule has 0 aliphatic carbocycles. The first-order valence-corrected chi connectivity index (χ1v) is 2.65. The summed E-state index contributed by atoms with van der Waals surface area (Å²) in [6.07, 6.45) is 9.01. The topological polar surface area (TPSA) is 29.5 Å². The lowest BCUT2D eigenvalue weighted by atomic mass is 10.8. The van der Waals surface area contributed by atoms with E-state index in [-0.39, 0.29) is 6.61 Å². The van der Waals surface area contributed by atoms with Gasteiger partial charge in [-0.15, -0.1) is 0 Å². The lowest BCUT2D eigenvalue weighted by molar-refractivity contribution is 0.137. The molecule has 3 heteroatoms. The van der Waals surface area contributed by atoms with Gasteiger partial charge >= 0.3 is 6.09 Å². The SMILES string of the molecule is C#CN(C#C)C(=O)OCC. The quantitative estimate of drug-likeness (QED) is 0.392. The molecule has 0 aliphatic rings. The summed E-state index contributed by atoms with van der Waals surface area (Å²) < 4.78 is 4.49. The predicted octanol–water partition coefficient (Wildman–Crippen LogP) is 0.626. The monoisotopic (exact) mass is 137 g/mol. The average Bonchev–Trinajstić information content (AvgIpc) is 1.91. The van der Waals surface area contributed by atoms with Gasteiger partial charge in [-0.2, -0.15) is 4.90 Å². The maximum atomic E-state index is 10.6. The standard InChI is InChI=1S/C7H7NO2/c1-4-8(5-2)7(9)10-6-3/h1-2H,6H2,3H3. The van der Waals surface area contributed by atoms with E-state index >= 15 is 0 Å². The Morgan fingerprint density at radius 1 is 1.60 bits per heavy atom. The van der Waals surface area contributed by atoms with E-state index in [0.717, 1.165) is 0 Å². The van der Waals surface area contributed by atoms with Crippen molar-refractivity contribution in [1.82, 2.24) is 4.90 Å². The summed E-state index contributed by atoms with van der Waals surface area (Å²) in [6, 6.07) is 3.92. The van der Waals surface area contributed by atoms with Crippen molar-refractivity contribution in [3.63, 3.8) is 0 Å². The number of rotatable bonds is 1. The highest BCUT2D eigenvalue weighted by Gasteiger charge is 2.07. The van der Waals surface area contributed by atoms with Gasteiger partial charge in [0.05, 0.1) is 6.61 Å². The first kappa shape index (κ1) is 8.39. The van der Waals surface area contributed by atoms with Crippen molar-refractivity contribution in [3.8, 4) is 24.9 Å². The van der Waals surface area contributed by atoms with Gasteiger partial charge in [-0.1, -0.05) is 12.8 Å². The number of amides is 1. The second-order valence-electron chi connectivity index (χ2n) is 1.29. The molecule has 52 valence electrons. The van der Waals surface area contributed by atoms with Crippen molar-refractivity contribution in [2.45, 2.75) is 6.92 Å². The third-order valence-electron chi connectivity index (χ3n) is 0.709. The van der Waals surface area contributed by atoms with E-state index < -0.39 is 6.09 Å². The van der Waals surface area contributed by atoms with Crippen LogP contribution in [0.3, 0.4) is 0 Å². The molecule has 0 rings (SSSR count). The molecule has 0 aromatic carbocycles. The highest BCUT2D eigenvalue weighted by Crippen LogP contribution is 1.87. The third-order valence-corrected chi connectivity index (χ3v) is 0.709. The molecule has 0 saturated heterocycles. The van der Waals surface area contributed by atoms with Gasteiger partial charge in [0, 0.05) is 12.1 Å².